The average Bonchev–Trinajstić information content (AvgIpc) is 2.92. The van der Waals surface area contributed by atoms with Crippen molar-refractivity contribution in [2.24, 2.45) is 10.7 Å². The summed E-state index contributed by atoms with van der Waals surface area (Å²) in [6.07, 6.45) is -1.61. The fraction of sp³-hybridized carbons (Fsp3) is 0.567. The second-order valence-corrected chi connectivity index (χ2v) is 11.3. The van der Waals surface area contributed by atoms with Gasteiger partial charge in [-0.3, -0.25) is 14.6 Å². The fourth-order valence-electron chi connectivity index (χ4n) is 5.79. The van der Waals surface area contributed by atoms with Crippen LogP contribution in [0.1, 0.15) is 58.4 Å². The van der Waals surface area contributed by atoms with E-state index in [4.69, 9.17) is 10.7 Å². The summed E-state index contributed by atoms with van der Waals surface area (Å²) in [6.45, 7) is 9.15. The molecule has 0 radical (unpaired) electrons. The molecule has 0 unspecified atom stereocenters. The van der Waals surface area contributed by atoms with E-state index in [-0.39, 0.29) is 34.7 Å². The first-order valence-corrected chi connectivity index (χ1v) is 14.6. The lowest BCUT2D eigenvalue weighted by molar-refractivity contribution is -0.137. The smallest absolute Gasteiger partial charge is 0.368 e. The number of amides is 2. The van der Waals surface area contributed by atoms with Gasteiger partial charge in [0.2, 0.25) is 11.8 Å². The number of primary amides is 1. The molecule has 4 N–H and O–H groups in total. The van der Waals surface area contributed by atoms with Crippen molar-refractivity contribution in [3.05, 3.63) is 46.3 Å². The number of aliphatic imine (C=N–C) groups is 1. The first-order valence-electron chi connectivity index (χ1n) is 14.6. The molecular formula is C30H42F3N7O2. The number of carbonyl (C=O) groups is 2. The first-order chi connectivity index (χ1) is 19.9. The second kappa shape index (κ2) is 13.2. The molecule has 12 heteroatoms. The number of piperazine rings is 1. The molecule has 2 saturated heterocycles. The Morgan fingerprint density at radius 2 is 1.76 bits per heavy atom. The minimum absolute atomic E-state index is 0.0348. The van der Waals surface area contributed by atoms with Gasteiger partial charge in [-0.2, -0.15) is 13.2 Å². The van der Waals surface area contributed by atoms with E-state index >= 15 is 0 Å². The first kappa shape index (κ1) is 31.4. The molecule has 0 bridgehead atoms. The molecule has 230 valence electrons. The summed E-state index contributed by atoms with van der Waals surface area (Å²) in [5.74, 6) is 0.188. The van der Waals surface area contributed by atoms with Crippen LogP contribution in [0, 0.1) is 0 Å². The summed E-state index contributed by atoms with van der Waals surface area (Å²) >= 11 is 0. The van der Waals surface area contributed by atoms with Crippen molar-refractivity contribution in [2.45, 2.75) is 65.1 Å². The number of nitrogens with zero attached hydrogens (tertiary/aromatic N) is 4. The highest BCUT2D eigenvalue weighted by Crippen LogP contribution is 2.39. The second-order valence-electron chi connectivity index (χ2n) is 11.3. The van der Waals surface area contributed by atoms with E-state index in [1.807, 2.05) is 20.9 Å². The van der Waals surface area contributed by atoms with Crippen LogP contribution in [0.15, 0.2) is 45.7 Å². The quantitative estimate of drug-likeness (QED) is 0.462. The molecule has 4 rings (SSSR count). The number of carbonyl (C=O) groups excluding carboxylic acids is 2. The zero-order chi connectivity index (χ0) is 30.6. The standard InChI is InChI=1S/C30H42F3N7O2/c1-5-23-19(2)6-8-24(27(34)42)29(37-28(23)35-21-10-12-39(13-11-21)20(3)41)36-22-7-9-26(25(18-22)30(31,32)33)40-16-14-38(4)15-17-40/h7,9,18,21,36H,5-6,8,10-17H2,1-4H3,(H2,34,42)(H,35,37). The van der Waals surface area contributed by atoms with Crippen LogP contribution >= 0.6 is 0 Å². The minimum Gasteiger partial charge on any atom is -0.368 e. The van der Waals surface area contributed by atoms with Gasteiger partial charge in [0.25, 0.3) is 0 Å². The molecule has 42 heavy (non-hydrogen) atoms. The van der Waals surface area contributed by atoms with Crippen LogP contribution in [0.2, 0.25) is 0 Å². The van der Waals surface area contributed by atoms with E-state index in [9.17, 15) is 22.8 Å². The lowest BCUT2D eigenvalue weighted by Gasteiger charge is -2.35. The largest absolute Gasteiger partial charge is 0.418 e. The predicted molar refractivity (Wildman–Crippen MR) is 159 cm³/mol. The van der Waals surface area contributed by atoms with Gasteiger partial charge in [-0.1, -0.05) is 12.5 Å². The Labute approximate surface area is 245 Å². The van der Waals surface area contributed by atoms with Gasteiger partial charge in [0.05, 0.1) is 17.2 Å². The van der Waals surface area contributed by atoms with Gasteiger partial charge < -0.3 is 31.1 Å². The number of allylic oxidation sites excluding steroid dienone is 1. The van der Waals surface area contributed by atoms with Gasteiger partial charge in [-0.15, -0.1) is 0 Å². The van der Waals surface area contributed by atoms with Crippen molar-refractivity contribution in [1.29, 1.82) is 0 Å². The summed E-state index contributed by atoms with van der Waals surface area (Å²) in [5, 5.41) is 6.33. The van der Waals surface area contributed by atoms with Crippen LogP contribution in [0.3, 0.4) is 0 Å². The van der Waals surface area contributed by atoms with Crippen molar-refractivity contribution in [3.8, 4) is 0 Å². The summed E-state index contributed by atoms with van der Waals surface area (Å²) in [4.78, 5) is 35.0. The number of alkyl halides is 3. The summed E-state index contributed by atoms with van der Waals surface area (Å²) in [6, 6.07) is 4.14. The van der Waals surface area contributed by atoms with E-state index < -0.39 is 17.6 Å². The summed E-state index contributed by atoms with van der Waals surface area (Å²) < 4.78 is 42.9. The maximum absolute atomic E-state index is 14.3. The molecule has 3 aliphatic rings. The Hall–Kier alpha value is -3.54. The van der Waals surface area contributed by atoms with Gasteiger partial charge in [-0.05, 0) is 69.8 Å². The highest BCUT2D eigenvalue weighted by atomic mass is 19.4. The Bertz CT molecular complexity index is 1270. The number of likely N-dealkylation sites (N-methyl/N-ethyl adjacent to an activating group) is 1. The SMILES string of the molecule is CCC1=C(C)CCC(C(N)=O)=C(Nc2ccc(N3CCN(C)CC3)c(C(F)(F)F)c2)NC1=NC1CCN(C(C)=O)CC1. The predicted octanol–water partition coefficient (Wildman–Crippen LogP) is 4.09. The van der Waals surface area contributed by atoms with E-state index in [1.54, 1.807) is 22.8 Å². The Balaban J connectivity index is 1.68. The van der Waals surface area contributed by atoms with Gasteiger partial charge in [0, 0.05) is 57.6 Å². The molecule has 0 saturated carbocycles. The number of nitrogens with two attached hydrogens (primary N) is 1. The highest BCUT2D eigenvalue weighted by Gasteiger charge is 2.36. The van der Waals surface area contributed by atoms with Crippen molar-refractivity contribution in [2.75, 3.05) is 56.5 Å². The maximum Gasteiger partial charge on any atom is 0.418 e. The zero-order valence-corrected chi connectivity index (χ0v) is 24.9. The molecule has 0 aromatic heterocycles. The number of hydrogen-bond acceptors (Lipinski definition) is 6. The van der Waals surface area contributed by atoms with E-state index in [2.05, 4.69) is 15.5 Å². The van der Waals surface area contributed by atoms with E-state index in [1.165, 1.54) is 6.07 Å². The van der Waals surface area contributed by atoms with Crippen LogP contribution in [0.4, 0.5) is 24.5 Å². The Morgan fingerprint density at radius 1 is 1.10 bits per heavy atom. The number of piperidine rings is 1. The Morgan fingerprint density at radius 3 is 2.33 bits per heavy atom. The lowest BCUT2D eigenvalue weighted by Crippen LogP contribution is -2.45. The van der Waals surface area contributed by atoms with Crippen LogP contribution in [-0.4, -0.2) is 79.8 Å². The molecule has 3 aliphatic heterocycles. The van der Waals surface area contributed by atoms with Crippen LogP contribution in [0.25, 0.3) is 0 Å². The molecule has 2 fully saturated rings. The molecule has 9 nitrogen and oxygen atoms in total. The fourth-order valence-corrected chi connectivity index (χ4v) is 5.79. The van der Waals surface area contributed by atoms with Gasteiger partial charge in [-0.25, -0.2) is 0 Å². The number of hydrogen-bond donors (Lipinski definition) is 3. The number of amidine groups is 1. The molecule has 1 aromatic rings. The van der Waals surface area contributed by atoms with Crippen LogP contribution in [0.5, 0.6) is 0 Å². The molecule has 0 spiro atoms. The van der Waals surface area contributed by atoms with Crippen LogP contribution < -0.4 is 21.3 Å². The van der Waals surface area contributed by atoms with E-state index in [0.29, 0.717) is 77.2 Å². The van der Waals surface area contributed by atoms with Crippen molar-refractivity contribution in [3.63, 3.8) is 0 Å². The van der Waals surface area contributed by atoms with Crippen LogP contribution in [-0.2, 0) is 15.8 Å². The number of rotatable bonds is 6. The number of anilines is 2. The molecular weight excluding hydrogens is 547 g/mol. The van der Waals surface area contributed by atoms with Gasteiger partial charge in [0.15, 0.2) is 0 Å². The minimum atomic E-state index is -4.57. The Kier molecular flexibility index (Phi) is 9.85. The number of benzene rings is 1. The number of halogens is 3. The molecule has 1 aromatic carbocycles. The normalized spacial score (nSPS) is 20.9. The molecule has 3 heterocycles. The zero-order valence-electron chi connectivity index (χ0n) is 24.9. The molecule has 2 amide bonds. The number of nitrogens with one attached hydrogen (secondary N) is 2. The van der Waals surface area contributed by atoms with Crippen molar-refractivity contribution < 1.29 is 22.8 Å². The number of likely N-dealkylation sites (tertiary alicyclic amines) is 1. The molecule has 0 aliphatic carbocycles. The summed E-state index contributed by atoms with van der Waals surface area (Å²) in [5.41, 5.74) is 7.71. The van der Waals surface area contributed by atoms with Crippen molar-refractivity contribution >= 4 is 29.0 Å². The van der Waals surface area contributed by atoms with Crippen molar-refractivity contribution in [1.82, 2.24) is 15.1 Å². The monoisotopic (exact) mass is 589 g/mol. The average molecular weight is 590 g/mol. The lowest BCUT2D eigenvalue weighted by atomic mass is 9.96. The summed E-state index contributed by atoms with van der Waals surface area (Å²) in [7, 11) is 1.95. The third kappa shape index (κ3) is 7.45. The van der Waals surface area contributed by atoms with Gasteiger partial charge >= 0.3 is 6.18 Å². The highest BCUT2D eigenvalue weighted by molar-refractivity contribution is 6.02. The third-order valence-electron chi connectivity index (χ3n) is 8.38. The topological polar surface area (TPSA) is 106 Å². The van der Waals surface area contributed by atoms with E-state index in [0.717, 1.165) is 17.2 Å². The third-order valence-corrected chi connectivity index (χ3v) is 8.38. The molecule has 0 atom stereocenters. The van der Waals surface area contributed by atoms with Gasteiger partial charge in [0.1, 0.15) is 11.7 Å². The maximum atomic E-state index is 14.3.